The fraction of sp³-hybridized carbons (Fsp3) is 0.250. The molecular weight excluding hydrogens is 302 g/mol. The molecule has 4 heteroatoms. The van der Waals surface area contributed by atoms with Crippen molar-refractivity contribution in [1.29, 1.82) is 0 Å². The average Bonchev–Trinajstić information content (AvgIpc) is 2.86. The molecule has 24 heavy (non-hydrogen) atoms. The molecule has 0 N–H and O–H groups in total. The van der Waals surface area contributed by atoms with Gasteiger partial charge in [0.2, 0.25) is 5.91 Å². The second-order valence-electron chi connectivity index (χ2n) is 6.11. The van der Waals surface area contributed by atoms with Gasteiger partial charge in [-0.1, -0.05) is 50.2 Å². The zero-order valence-corrected chi connectivity index (χ0v) is 13.8. The van der Waals surface area contributed by atoms with Crippen molar-refractivity contribution < 1.29 is 14.4 Å². The van der Waals surface area contributed by atoms with Crippen LogP contribution in [-0.2, 0) is 11.2 Å². The van der Waals surface area contributed by atoms with Crippen LogP contribution in [0, 0.1) is 0 Å². The van der Waals surface area contributed by atoms with Gasteiger partial charge in [-0.05, 0) is 35.6 Å². The second-order valence-corrected chi connectivity index (χ2v) is 6.11. The molecule has 0 spiro atoms. The first-order valence-corrected chi connectivity index (χ1v) is 8.12. The molecule has 2 aromatic rings. The number of benzene rings is 2. The highest BCUT2D eigenvalue weighted by Crippen LogP contribution is 2.24. The van der Waals surface area contributed by atoms with Crippen LogP contribution in [0.1, 0.15) is 58.0 Å². The number of hydrogen-bond donors (Lipinski definition) is 0. The molecule has 1 aliphatic rings. The summed E-state index contributed by atoms with van der Waals surface area (Å²) < 4.78 is 0. The van der Waals surface area contributed by atoms with Crippen molar-refractivity contribution in [1.82, 2.24) is 4.90 Å². The van der Waals surface area contributed by atoms with E-state index in [2.05, 4.69) is 13.8 Å². The minimum Gasteiger partial charge on any atom is -0.274 e. The van der Waals surface area contributed by atoms with Crippen molar-refractivity contribution in [3.8, 4) is 0 Å². The summed E-state index contributed by atoms with van der Waals surface area (Å²) in [7, 11) is 0. The lowest BCUT2D eigenvalue weighted by Crippen LogP contribution is -2.37. The van der Waals surface area contributed by atoms with Crippen LogP contribution in [0.25, 0.3) is 0 Å². The number of rotatable bonds is 4. The molecule has 0 aromatic heterocycles. The van der Waals surface area contributed by atoms with Crippen LogP contribution < -0.4 is 0 Å². The summed E-state index contributed by atoms with van der Waals surface area (Å²) in [4.78, 5) is 37.8. The standard InChI is InChI=1S/C20H19NO3/c1-3-13(2)15-10-8-14(9-11-15)12-18(22)21-19(23)16-6-4-5-7-17(16)20(21)24/h4-11,13H,3,12H2,1-2H3. The Bertz CT molecular complexity index is 773. The summed E-state index contributed by atoms with van der Waals surface area (Å²) in [5, 5.41) is 0. The Labute approximate surface area is 141 Å². The molecule has 3 amide bonds. The van der Waals surface area contributed by atoms with Gasteiger partial charge in [-0.2, -0.15) is 0 Å². The van der Waals surface area contributed by atoms with Crippen molar-refractivity contribution in [3.63, 3.8) is 0 Å². The Morgan fingerprint density at radius 1 is 0.958 bits per heavy atom. The summed E-state index contributed by atoms with van der Waals surface area (Å²) in [6, 6.07) is 14.3. The van der Waals surface area contributed by atoms with Crippen LogP contribution in [0.15, 0.2) is 48.5 Å². The largest absolute Gasteiger partial charge is 0.274 e. The van der Waals surface area contributed by atoms with Crippen LogP contribution in [0.5, 0.6) is 0 Å². The molecule has 0 saturated carbocycles. The molecule has 3 rings (SSSR count). The van der Waals surface area contributed by atoms with E-state index < -0.39 is 17.7 Å². The van der Waals surface area contributed by atoms with Gasteiger partial charge in [-0.25, -0.2) is 4.90 Å². The van der Waals surface area contributed by atoms with E-state index in [1.54, 1.807) is 24.3 Å². The Hall–Kier alpha value is -2.75. The van der Waals surface area contributed by atoms with Crippen molar-refractivity contribution in [2.45, 2.75) is 32.6 Å². The molecular formula is C20H19NO3. The topological polar surface area (TPSA) is 54.5 Å². The van der Waals surface area contributed by atoms with Crippen LogP contribution in [0.2, 0.25) is 0 Å². The van der Waals surface area contributed by atoms with E-state index in [1.165, 1.54) is 5.56 Å². The summed E-state index contributed by atoms with van der Waals surface area (Å²) in [5.41, 5.74) is 2.60. The van der Waals surface area contributed by atoms with Crippen LogP contribution in [-0.4, -0.2) is 22.6 Å². The minimum absolute atomic E-state index is 0.0340. The summed E-state index contributed by atoms with van der Waals surface area (Å²) in [6.07, 6.45) is 1.08. The van der Waals surface area contributed by atoms with Crippen molar-refractivity contribution in [3.05, 3.63) is 70.8 Å². The highest BCUT2D eigenvalue weighted by molar-refractivity contribution is 6.29. The van der Waals surface area contributed by atoms with Gasteiger partial charge < -0.3 is 0 Å². The van der Waals surface area contributed by atoms with E-state index in [-0.39, 0.29) is 6.42 Å². The van der Waals surface area contributed by atoms with E-state index in [1.807, 2.05) is 24.3 Å². The van der Waals surface area contributed by atoms with Crippen molar-refractivity contribution in [2.75, 3.05) is 0 Å². The number of hydrogen-bond acceptors (Lipinski definition) is 3. The SMILES string of the molecule is CCC(C)c1ccc(CC(=O)N2C(=O)c3ccccc3C2=O)cc1. The molecule has 0 radical (unpaired) electrons. The lowest BCUT2D eigenvalue weighted by Gasteiger charge is -2.13. The molecule has 2 aromatic carbocycles. The third-order valence-electron chi connectivity index (χ3n) is 4.56. The lowest BCUT2D eigenvalue weighted by molar-refractivity contribution is -0.125. The van der Waals surface area contributed by atoms with E-state index in [9.17, 15) is 14.4 Å². The van der Waals surface area contributed by atoms with E-state index in [0.29, 0.717) is 17.0 Å². The van der Waals surface area contributed by atoms with Gasteiger partial charge in [0.05, 0.1) is 17.5 Å². The Balaban J connectivity index is 1.77. The van der Waals surface area contributed by atoms with Crippen molar-refractivity contribution in [2.24, 2.45) is 0 Å². The molecule has 1 unspecified atom stereocenters. The van der Waals surface area contributed by atoms with Crippen LogP contribution >= 0.6 is 0 Å². The molecule has 0 aliphatic carbocycles. The average molecular weight is 321 g/mol. The number of carbonyl (C=O) groups is 3. The third kappa shape index (κ3) is 2.75. The zero-order valence-electron chi connectivity index (χ0n) is 13.8. The monoisotopic (exact) mass is 321 g/mol. The first-order valence-electron chi connectivity index (χ1n) is 8.12. The zero-order chi connectivity index (χ0) is 17.3. The molecule has 1 atom stereocenters. The number of carbonyl (C=O) groups excluding carboxylic acids is 3. The smallest absolute Gasteiger partial charge is 0.268 e. The normalized spacial score (nSPS) is 14.7. The maximum absolute atomic E-state index is 12.5. The summed E-state index contributed by atoms with van der Waals surface area (Å²) in [6.45, 7) is 4.28. The van der Waals surface area contributed by atoms with Gasteiger partial charge >= 0.3 is 0 Å². The number of imide groups is 3. The molecule has 0 saturated heterocycles. The van der Waals surface area contributed by atoms with Crippen LogP contribution in [0.3, 0.4) is 0 Å². The number of nitrogens with zero attached hydrogens (tertiary/aromatic N) is 1. The fourth-order valence-corrected chi connectivity index (χ4v) is 2.87. The third-order valence-corrected chi connectivity index (χ3v) is 4.56. The number of amides is 3. The van der Waals surface area contributed by atoms with Gasteiger partial charge in [-0.15, -0.1) is 0 Å². The van der Waals surface area contributed by atoms with Gasteiger partial charge in [-0.3, -0.25) is 14.4 Å². The van der Waals surface area contributed by atoms with E-state index >= 15 is 0 Å². The number of fused-ring (bicyclic) bond motifs is 1. The van der Waals surface area contributed by atoms with E-state index in [4.69, 9.17) is 0 Å². The van der Waals surface area contributed by atoms with Crippen molar-refractivity contribution >= 4 is 17.7 Å². The molecule has 1 aliphatic heterocycles. The predicted molar refractivity (Wildman–Crippen MR) is 90.8 cm³/mol. The second kappa shape index (κ2) is 6.40. The lowest BCUT2D eigenvalue weighted by atomic mass is 9.97. The maximum Gasteiger partial charge on any atom is 0.268 e. The minimum atomic E-state index is -0.531. The van der Waals surface area contributed by atoms with Gasteiger partial charge in [0.25, 0.3) is 11.8 Å². The van der Waals surface area contributed by atoms with Gasteiger partial charge in [0.15, 0.2) is 0 Å². The Morgan fingerprint density at radius 3 is 2.00 bits per heavy atom. The fourth-order valence-electron chi connectivity index (χ4n) is 2.87. The molecule has 0 bridgehead atoms. The summed E-state index contributed by atoms with van der Waals surface area (Å²) >= 11 is 0. The van der Waals surface area contributed by atoms with Gasteiger partial charge in [0.1, 0.15) is 0 Å². The Kier molecular flexibility index (Phi) is 4.30. The molecule has 122 valence electrons. The highest BCUT2D eigenvalue weighted by atomic mass is 16.2. The Morgan fingerprint density at radius 2 is 1.50 bits per heavy atom. The summed E-state index contributed by atoms with van der Waals surface area (Å²) in [5.74, 6) is -1.09. The predicted octanol–water partition coefficient (Wildman–Crippen LogP) is 3.57. The molecule has 0 fully saturated rings. The quantitative estimate of drug-likeness (QED) is 0.809. The van der Waals surface area contributed by atoms with Crippen LogP contribution in [0.4, 0.5) is 0 Å². The first kappa shape index (κ1) is 16.1. The molecule has 1 heterocycles. The van der Waals surface area contributed by atoms with Gasteiger partial charge in [0, 0.05) is 0 Å². The van der Waals surface area contributed by atoms with E-state index in [0.717, 1.165) is 16.9 Å². The highest BCUT2D eigenvalue weighted by Gasteiger charge is 2.39. The maximum atomic E-state index is 12.5. The first-order chi connectivity index (χ1) is 11.5. The molecule has 4 nitrogen and oxygen atoms in total.